The zero-order valence-corrected chi connectivity index (χ0v) is 5.37. The number of rotatable bonds is 0. The summed E-state index contributed by atoms with van der Waals surface area (Å²) < 4.78 is 0. The Morgan fingerprint density at radius 3 is 1.00 bits per heavy atom. The van der Waals surface area contributed by atoms with Crippen LogP contribution in [0.2, 0.25) is 0 Å². The van der Waals surface area contributed by atoms with Gasteiger partial charge in [0.25, 0.3) is 0 Å². The van der Waals surface area contributed by atoms with Crippen molar-refractivity contribution in [3.8, 4) is 0 Å². The van der Waals surface area contributed by atoms with Crippen LogP contribution in [0.5, 0.6) is 0 Å². The van der Waals surface area contributed by atoms with Gasteiger partial charge in [-0.25, -0.2) is 0 Å². The minimum Gasteiger partial charge on any atom is -0.0776 e. The van der Waals surface area contributed by atoms with Gasteiger partial charge in [-0.3, -0.25) is 0 Å². The normalized spacial score (nSPS) is 0. The molecule has 0 aromatic carbocycles. The summed E-state index contributed by atoms with van der Waals surface area (Å²) in [5, 5.41) is 0. The van der Waals surface area contributed by atoms with Crippen molar-refractivity contribution in [1.29, 1.82) is 0 Å². The van der Waals surface area contributed by atoms with E-state index in [2.05, 4.69) is 0 Å². The maximum absolute atomic E-state index is 0. The van der Waals surface area contributed by atoms with E-state index < -0.39 is 0 Å². The Labute approximate surface area is 62.6 Å². The summed E-state index contributed by atoms with van der Waals surface area (Å²) in [5.74, 6) is 0. The molecule has 0 spiro atoms. The quantitative estimate of drug-likeness (QED) is 0.570. The molecule has 0 unspecified atom stereocenters. The van der Waals surface area contributed by atoms with Crippen molar-refractivity contribution in [3.63, 3.8) is 0 Å². The van der Waals surface area contributed by atoms with Crippen molar-refractivity contribution < 1.29 is 55.4 Å². The van der Waals surface area contributed by atoms with Gasteiger partial charge in [-0.15, -0.1) is 0 Å². The van der Waals surface area contributed by atoms with Gasteiger partial charge in [0.05, 0.1) is 0 Å². The first-order valence-corrected chi connectivity index (χ1v) is 0. The van der Waals surface area contributed by atoms with Gasteiger partial charge in [-0.2, -0.15) is 0 Å². The first kappa shape index (κ1) is 42.6. The molecule has 0 N–H and O–H groups in total. The van der Waals surface area contributed by atoms with Crippen LogP contribution in [0.1, 0.15) is 7.43 Å². The van der Waals surface area contributed by atoms with Crippen LogP contribution in [0.15, 0.2) is 0 Å². The molecule has 0 aromatic rings. The Hall–Kier alpha value is 1.74. The summed E-state index contributed by atoms with van der Waals surface area (Å²) in [7, 11) is 0. The van der Waals surface area contributed by atoms with Crippen LogP contribution in [0.3, 0.4) is 0 Å². The summed E-state index contributed by atoms with van der Waals surface area (Å²) in [4.78, 5) is 0. The Bertz CT molecular complexity index is 8.00. The molecule has 0 aromatic heterocycles. The van der Waals surface area contributed by atoms with Crippen LogP contribution in [-0.2, 0) is 55.4 Å². The fraction of sp³-hybridized carbons (Fsp3) is 1.00. The van der Waals surface area contributed by atoms with Crippen molar-refractivity contribution in [2.75, 3.05) is 0 Å². The van der Waals surface area contributed by atoms with E-state index in [0.29, 0.717) is 0 Å². The molecule has 0 rings (SSSR count). The molecule has 0 saturated carbocycles. The molecule has 0 aliphatic rings. The smallest absolute Gasteiger partial charge is 0 e. The molecule has 3 heteroatoms. The molecule has 0 aliphatic heterocycles. The molecular formula is CH4NiRhRu. The van der Waals surface area contributed by atoms with Gasteiger partial charge >= 0.3 is 0 Å². The SMILES string of the molecule is C.[Ni].[Rh].[Ru]. The summed E-state index contributed by atoms with van der Waals surface area (Å²) >= 11 is 0. The van der Waals surface area contributed by atoms with Crippen LogP contribution in [-0.4, -0.2) is 0 Å². The topological polar surface area (TPSA) is 0 Å². The van der Waals surface area contributed by atoms with E-state index in [9.17, 15) is 0 Å². The van der Waals surface area contributed by atoms with Crippen LogP contribution >= 0.6 is 0 Å². The third-order valence-electron chi connectivity index (χ3n) is 0. The minimum absolute atomic E-state index is 0. The molecule has 4 heavy (non-hydrogen) atoms. The van der Waals surface area contributed by atoms with Crippen LogP contribution < -0.4 is 0 Å². The second kappa shape index (κ2) is 21.9. The molecule has 0 nitrogen and oxygen atoms in total. The second-order valence-electron chi connectivity index (χ2n) is 0. The van der Waals surface area contributed by atoms with Crippen molar-refractivity contribution in [1.82, 2.24) is 0 Å². The van der Waals surface area contributed by atoms with E-state index >= 15 is 0 Å². The summed E-state index contributed by atoms with van der Waals surface area (Å²) in [5.41, 5.74) is 0. The van der Waals surface area contributed by atoms with E-state index in [4.69, 9.17) is 0 Å². The fourth-order valence-electron chi connectivity index (χ4n) is 0. The molecule has 0 fully saturated rings. The summed E-state index contributed by atoms with van der Waals surface area (Å²) in [6.45, 7) is 0. The van der Waals surface area contributed by atoms with Crippen molar-refractivity contribution in [3.05, 3.63) is 0 Å². The summed E-state index contributed by atoms with van der Waals surface area (Å²) in [6, 6.07) is 0. The predicted octanol–water partition coefficient (Wildman–Crippen LogP) is 0.629. The molecule has 0 saturated heterocycles. The van der Waals surface area contributed by atoms with Crippen molar-refractivity contribution in [2.45, 2.75) is 7.43 Å². The average Bonchev–Trinajstić information content (AvgIpc) is 0. The third kappa shape index (κ3) is 9.27. The Kier molecular flexibility index (Phi) is 233. The van der Waals surface area contributed by atoms with Gasteiger partial charge < -0.3 is 0 Å². The standard InChI is InChI=1S/CH4.Ni.Rh.Ru/h1H4;;;. The molecule has 0 aliphatic carbocycles. The average molecular weight is 279 g/mol. The minimum atomic E-state index is 0. The van der Waals surface area contributed by atoms with Gasteiger partial charge in [0.1, 0.15) is 0 Å². The summed E-state index contributed by atoms with van der Waals surface area (Å²) in [6.07, 6.45) is 0. The van der Waals surface area contributed by atoms with E-state index in [1.54, 1.807) is 0 Å². The first-order chi connectivity index (χ1) is 0. The molecule has 35 valence electrons. The van der Waals surface area contributed by atoms with Crippen molar-refractivity contribution >= 4 is 0 Å². The maximum Gasteiger partial charge on any atom is 0 e. The second-order valence-corrected chi connectivity index (χ2v) is 0. The van der Waals surface area contributed by atoms with Gasteiger partial charge in [-0.05, 0) is 0 Å². The van der Waals surface area contributed by atoms with Crippen LogP contribution in [0, 0.1) is 0 Å². The van der Waals surface area contributed by atoms with Gasteiger partial charge in [0.2, 0.25) is 0 Å². The van der Waals surface area contributed by atoms with Gasteiger partial charge in [0.15, 0.2) is 0 Å². The maximum atomic E-state index is 0. The molecule has 0 bridgehead atoms. The third-order valence-corrected chi connectivity index (χ3v) is 0. The molecular weight excluding hydrogens is 275 g/mol. The Morgan fingerprint density at radius 2 is 1.00 bits per heavy atom. The van der Waals surface area contributed by atoms with Crippen molar-refractivity contribution in [2.24, 2.45) is 0 Å². The van der Waals surface area contributed by atoms with Gasteiger partial charge in [-0.1, -0.05) is 7.43 Å². The first-order valence-electron chi connectivity index (χ1n) is 0. The fourth-order valence-corrected chi connectivity index (χ4v) is 0. The zero-order chi connectivity index (χ0) is 0. The zero-order valence-electron chi connectivity index (χ0n) is 1.00. The Balaban J connectivity index is 0. The predicted molar refractivity (Wildman–Crippen MR) is 6.73 cm³/mol. The number of hydrogen-bond donors (Lipinski definition) is 0. The van der Waals surface area contributed by atoms with Crippen LogP contribution in [0.25, 0.3) is 0 Å². The van der Waals surface area contributed by atoms with Crippen LogP contribution in [0.4, 0.5) is 0 Å². The van der Waals surface area contributed by atoms with E-state index in [1.807, 2.05) is 0 Å². The molecule has 0 atom stereocenters. The van der Waals surface area contributed by atoms with E-state index in [0.717, 1.165) is 0 Å². The van der Waals surface area contributed by atoms with E-state index in [-0.39, 0.29) is 62.9 Å². The Morgan fingerprint density at radius 1 is 1.00 bits per heavy atom. The molecule has 0 amide bonds. The largest absolute Gasteiger partial charge is 0.0776 e. The molecule has 1 radical (unpaired) electrons. The molecule has 0 heterocycles. The number of hydrogen-bond acceptors (Lipinski definition) is 0. The van der Waals surface area contributed by atoms with Gasteiger partial charge in [0, 0.05) is 55.4 Å². The monoisotopic (exact) mass is 279 g/mol. The van der Waals surface area contributed by atoms with E-state index in [1.165, 1.54) is 0 Å².